The lowest BCUT2D eigenvalue weighted by atomic mass is 9.92. The SMILES string of the molecule is C[C@H](NS(=O)(=O)c1ccc(-c2c(C(N)=O)c3cc(F)c(C4CC4)cc3n2C2CCC2)nc1)C(F)(F)F. The van der Waals surface area contributed by atoms with E-state index in [0.29, 0.717) is 29.1 Å². The second kappa shape index (κ2) is 8.55. The Bertz CT molecular complexity index is 1460. The van der Waals surface area contributed by atoms with E-state index in [-0.39, 0.29) is 23.2 Å². The molecule has 36 heavy (non-hydrogen) atoms. The van der Waals surface area contributed by atoms with Gasteiger partial charge in [-0.1, -0.05) is 0 Å². The number of sulfonamides is 1. The zero-order valence-electron chi connectivity index (χ0n) is 19.3. The molecule has 2 fully saturated rings. The molecule has 12 heteroatoms. The van der Waals surface area contributed by atoms with Gasteiger partial charge >= 0.3 is 6.18 Å². The Morgan fingerprint density at radius 1 is 1.19 bits per heavy atom. The molecular formula is C24H24F4N4O3S. The summed E-state index contributed by atoms with van der Waals surface area (Å²) in [6.07, 6.45) is 0.592. The number of nitrogens with one attached hydrogen (secondary N) is 1. The zero-order valence-corrected chi connectivity index (χ0v) is 20.1. The van der Waals surface area contributed by atoms with Gasteiger partial charge in [-0.15, -0.1) is 0 Å². The summed E-state index contributed by atoms with van der Waals surface area (Å²) in [6.45, 7) is 0.699. The van der Waals surface area contributed by atoms with Crippen LogP contribution in [0.25, 0.3) is 22.3 Å². The van der Waals surface area contributed by atoms with Crippen LogP contribution in [0.3, 0.4) is 0 Å². The average Bonchev–Trinajstić information content (AvgIpc) is 3.54. The van der Waals surface area contributed by atoms with Crippen LogP contribution in [0, 0.1) is 5.82 Å². The van der Waals surface area contributed by atoms with Crippen molar-refractivity contribution in [2.75, 3.05) is 0 Å². The van der Waals surface area contributed by atoms with E-state index in [2.05, 4.69) is 4.98 Å². The maximum absolute atomic E-state index is 14.9. The lowest BCUT2D eigenvalue weighted by molar-refractivity contribution is -0.147. The van der Waals surface area contributed by atoms with E-state index in [1.54, 1.807) is 10.8 Å². The van der Waals surface area contributed by atoms with Gasteiger partial charge in [0.1, 0.15) is 16.8 Å². The number of aromatic nitrogens is 2. The summed E-state index contributed by atoms with van der Waals surface area (Å²) in [5.74, 6) is -1.07. The number of hydrogen-bond acceptors (Lipinski definition) is 4. The third-order valence-corrected chi connectivity index (χ3v) is 8.46. The Hall–Kier alpha value is -2.99. The van der Waals surface area contributed by atoms with Gasteiger partial charge in [-0.3, -0.25) is 9.78 Å². The predicted molar refractivity (Wildman–Crippen MR) is 124 cm³/mol. The van der Waals surface area contributed by atoms with Gasteiger partial charge < -0.3 is 10.3 Å². The number of rotatable bonds is 7. The van der Waals surface area contributed by atoms with Crippen molar-refractivity contribution >= 4 is 26.8 Å². The second-order valence-electron chi connectivity index (χ2n) is 9.47. The lowest BCUT2D eigenvalue weighted by Crippen LogP contribution is -2.42. The number of alkyl halides is 3. The Morgan fingerprint density at radius 3 is 2.39 bits per heavy atom. The number of nitrogens with two attached hydrogens (primary N) is 1. The Morgan fingerprint density at radius 2 is 1.89 bits per heavy atom. The fourth-order valence-electron chi connectivity index (χ4n) is 4.63. The lowest BCUT2D eigenvalue weighted by Gasteiger charge is -2.30. The van der Waals surface area contributed by atoms with Crippen LogP contribution in [-0.2, 0) is 10.0 Å². The molecule has 3 aromatic rings. The molecule has 2 aliphatic rings. The van der Waals surface area contributed by atoms with E-state index in [9.17, 15) is 30.8 Å². The van der Waals surface area contributed by atoms with E-state index < -0.39 is 38.9 Å². The van der Waals surface area contributed by atoms with Crippen LogP contribution in [0.4, 0.5) is 17.6 Å². The Kier molecular flexibility index (Phi) is 5.86. The minimum atomic E-state index is -4.75. The van der Waals surface area contributed by atoms with Gasteiger partial charge in [0.2, 0.25) is 10.0 Å². The molecule has 1 amide bonds. The van der Waals surface area contributed by atoms with E-state index in [1.807, 2.05) is 4.57 Å². The molecule has 2 saturated carbocycles. The molecule has 0 bridgehead atoms. The van der Waals surface area contributed by atoms with Crippen LogP contribution in [-0.4, -0.2) is 36.1 Å². The first-order chi connectivity index (χ1) is 16.9. The van der Waals surface area contributed by atoms with E-state index in [4.69, 9.17) is 5.73 Å². The number of hydrogen-bond donors (Lipinski definition) is 2. The van der Waals surface area contributed by atoms with Crippen molar-refractivity contribution < 1.29 is 30.8 Å². The fraction of sp³-hybridized carbons (Fsp3) is 0.417. The number of amides is 1. The molecule has 0 saturated heterocycles. The topological polar surface area (TPSA) is 107 Å². The summed E-state index contributed by atoms with van der Waals surface area (Å²) in [6, 6.07) is 3.26. The highest BCUT2D eigenvalue weighted by Crippen LogP contribution is 2.46. The largest absolute Gasteiger partial charge is 0.404 e. The van der Waals surface area contributed by atoms with Crippen LogP contribution in [0.2, 0.25) is 0 Å². The molecule has 2 heterocycles. The summed E-state index contributed by atoms with van der Waals surface area (Å²) in [7, 11) is -4.51. The maximum Gasteiger partial charge on any atom is 0.404 e. The van der Waals surface area contributed by atoms with Gasteiger partial charge in [-0.05, 0) is 74.8 Å². The summed E-state index contributed by atoms with van der Waals surface area (Å²) < 4.78 is 81.9. The molecule has 5 rings (SSSR count). The highest BCUT2D eigenvalue weighted by molar-refractivity contribution is 7.89. The third-order valence-electron chi connectivity index (χ3n) is 6.94. The van der Waals surface area contributed by atoms with Gasteiger partial charge in [0.05, 0.1) is 22.5 Å². The number of fused-ring (bicyclic) bond motifs is 1. The molecule has 192 valence electrons. The summed E-state index contributed by atoms with van der Waals surface area (Å²) in [5, 5.41) is 0.352. The standard InChI is InChI=1S/C24H24F4N4O3S/c1-12(24(26,27)28)31-36(34,35)15-7-8-19(30-11-15)22-21(23(29)33)17-9-18(25)16(13-5-6-13)10-20(17)32(22)14-3-2-4-14/h7-14,31H,2-6H2,1H3,(H2,29,33)/t12-/m0/s1. The molecule has 3 N–H and O–H groups in total. The molecule has 2 aliphatic carbocycles. The van der Waals surface area contributed by atoms with Crippen molar-refractivity contribution in [3.63, 3.8) is 0 Å². The molecule has 2 aromatic heterocycles. The fourth-order valence-corrected chi connectivity index (χ4v) is 5.80. The van der Waals surface area contributed by atoms with Crippen LogP contribution < -0.4 is 10.5 Å². The van der Waals surface area contributed by atoms with Crippen molar-refractivity contribution in [2.45, 2.75) is 68.1 Å². The summed E-state index contributed by atoms with van der Waals surface area (Å²) in [4.78, 5) is 16.3. The number of primary amides is 1. The molecule has 1 atom stereocenters. The van der Waals surface area contributed by atoms with Crippen LogP contribution in [0.1, 0.15) is 66.9 Å². The second-order valence-corrected chi connectivity index (χ2v) is 11.2. The minimum absolute atomic E-state index is 0.0209. The van der Waals surface area contributed by atoms with Gasteiger partial charge in [0.25, 0.3) is 5.91 Å². The van der Waals surface area contributed by atoms with E-state index in [1.165, 1.54) is 12.1 Å². The van der Waals surface area contributed by atoms with Gasteiger partial charge in [-0.25, -0.2) is 12.8 Å². The Balaban J connectivity index is 1.64. The van der Waals surface area contributed by atoms with Crippen molar-refractivity contribution in [1.82, 2.24) is 14.3 Å². The molecule has 7 nitrogen and oxygen atoms in total. The molecule has 1 aromatic carbocycles. The van der Waals surface area contributed by atoms with Crippen molar-refractivity contribution in [2.24, 2.45) is 5.73 Å². The van der Waals surface area contributed by atoms with Crippen LogP contribution in [0.15, 0.2) is 35.4 Å². The molecular weight excluding hydrogens is 500 g/mol. The van der Waals surface area contributed by atoms with Crippen molar-refractivity contribution in [3.8, 4) is 11.4 Å². The normalized spacial score (nSPS) is 17.8. The highest BCUT2D eigenvalue weighted by Gasteiger charge is 2.39. The van der Waals surface area contributed by atoms with Gasteiger partial charge in [0, 0.05) is 17.6 Å². The third kappa shape index (κ3) is 4.26. The van der Waals surface area contributed by atoms with Gasteiger partial charge in [-0.2, -0.15) is 17.9 Å². The quantitative estimate of drug-likeness (QED) is 0.434. The summed E-state index contributed by atoms with van der Waals surface area (Å²) >= 11 is 0. The van der Waals surface area contributed by atoms with Gasteiger partial charge in [0.15, 0.2) is 0 Å². The van der Waals surface area contributed by atoms with Crippen molar-refractivity contribution in [3.05, 3.63) is 47.4 Å². The van der Waals surface area contributed by atoms with E-state index in [0.717, 1.165) is 44.4 Å². The first-order valence-electron chi connectivity index (χ1n) is 11.6. The first-order valence-corrected chi connectivity index (χ1v) is 13.1. The number of carbonyl (C=O) groups is 1. The average molecular weight is 525 g/mol. The minimum Gasteiger partial charge on any atom is -0.366 e. The smallest absolute Gasteiger partial charge is 0.366 e. The first kappa shape index (κ1) is 24.7. The molecule has 0 unspecified atom stereocenters. The number of nitrogens with zero attached hydrogens (tertiary/aromatic N) is 2. The molecule has 0 aliphatic heterocycles. The van der Waals surface area contributed by atoms with E-state index >= 15 is 0 Å². The number of benzene rings is 1. The maximum atomic E-state index is 14.9. The number of pyridine rings is 1. The summed E-state index contributed by atoms with van der Waals surface area (Å²) in [5.41, 5.74) is 7.60. The molecule has 0 radical (unpaired) electrons. The number of halogens is 4. The van der Waals surface area contributed by atoms with Crippen LogP contribution >= 0.6 is 0 Å². The zero-order chi connectivity index (χ0) is 26.0. The van der Waals surface area contributed by atoms with Crippen LogP contribution in [0.5, 0.6) is 0 Å². The molecule has 0 spiro atoms. The number of carbonyl (C=O) groups excluding carboxylic acids is 1. The monoisotopic (exact) mass is 524 g/mol. The highest BCUT2D eigenvalue weighted by atomic mass is 32.2. The van der Waals surface area contributed by atoms with Crippen molar-refractivity contribution in [1.29, 1.82) is 0 Å². The predicted octanol–water partition coefficient (Wildman–Crippen LogP) is 4.77. The Labute approximate surface area is 204 Å².